The number of hydrogen-bond donors (Lipinski definition) is 1. The first-order valence-electron chi connectivity index (χ1n) is 7.08. The maximum absolute atomic E-state index is 6.32. The minimum atomic E-state index is 0.00231. The van der Waals surface area contributed by atoms with Gasteiger partial charge in [0.15, 0.2) is 0 Å². The summed E-state index contributed by atoms with van der Waals surface area (Å²) >= 11 is 1.74. The quantitative estimate of drug-likeness (QED) is 0.921. The summed E-state index contributed by atoms with van der Waals surface area (Å²) in [5.74, 6) is 0. The Hall–Kier alpha value is -0.420. The largest absolute Gasteiger partial charge is 0.375 e. The third kappa shape index (κ3) is 3.78. The van der Waals surface area contributed by atoms with Gasteiger partial charge in [-0.2, -0.15) is 0 Å². The van der Waals surface area contributed by atoms with E-state index in [0.29, 0.717) is 0 Å². The van der Waals surface area contributed by atoms with Crippen LogP contribution in [0.5, 0.6) is 0 Å². The Morgan fingerprint density at radius 2 is 2.00 bits per heavy atom. The lowest BCUT2D eigenvalue weighted by molar-refractivity contribution is -0.125. The zero-order valence-electron chi connectivity index (χ0n) is 12.3. The highest BCUT2D eigenvalue weighted by molar-refractivity contribution is 7.10. The van der Waals surface area contributed by atoms with Crippen molar-refractivity contribution < 1.29 is 9.47 Å². The van der Waals surface area contributed by atoms with E-state index in [9.17, 15) is 0 Å². The van der Waals surface area contributed by atoms with Crippen LogP contribution in [0.25, 0.3) is 0 Å². The van der Waals surface area contributed by atoms with Crippen LogP contribution in [-0.2, 0) is 9.47 Å². The topological polar surface area (TPSA) is 44.5 Å². The third-order valence-corrected chi connectivity index (χ3v) is 4.71. The normalized spacial score (nSPS) is 31.1. The monoisotopic (exact) mass is 283 g/mol. The molecule has 0 radical (unpaired) electrons. The van der Waals surface area contributed by atoms with E-state index in [2.05, 4.69) is 32.2 Å². The van der Waals surface area contributed by atoms with E-state index in [1.807, 2.05) is 6.92 Å². The van der Waals surface area contributed by atoms with Crippen LogP contribution in [0.2, 0.25) is 0 Å². The molecule has 0 spiro atoms. The fourth-order valence-electron chi connectivity index (χ4n) is 2.76. The van der Waals surface area contributed by atoms with Crippen molar-refractivity contribution in [3.63, 3.8) is 0 Å². The highest BCUT2D eigenvalue weighted by atomic mass is 32.1. The lowest BCUT2D eigenvalue weighted by Crippen LogP contribution is -2.37. The summed E-state index contributed by atoms with van der Waals surface area (Å²) in [7, 11) is 0. The first-order chi connectivity index (χ1) is 8.97. The first-order valence-corrected chi connectivity index (χ1v) is 7.95. The van der Waals surface area contributed by atoms with Crippen LogP contribution >= 0.6 is 11.3 Å². The molecule has 0 aliphatic carbocycles. The van der Waals surface area contributed by atoms with Gasteiger partial charge in [0.2, 0.25) is 0 Å². The molecule has 2 rings (SSSR count). The molecule has 0 saturated carbocycles. The molecule has 4 heteroatoms. The van der Waals surface area contributed by atoms with Crippen LogP contribution in [0.15, 0.2) is 11.4 Å². The average molecular weight is 283 g/mol. The summed E-state index contributed by atoms with van der Waals surface area (Å²) in [6, 6.07) is 2.14. The van der Waals surface area contributed by atoms with Crippen LogP contribution in [0, 0.1) is 6.92 Å². The summed E-state index contributed by atoms with van der Waals surface area (Å²) in [6.45, 7) is 8.38. The highest BCUT2D eigenvalue weighted by Gasteiger charge is 2.30. The van der Waals surface area contributed by atoms with Crippen molar-refractivity contribution in [2.45, 2.75) is 71.0 Å². The van der Waals surface area contributed by atoms with Gasteiger partial charge in [-0.3, -0.25) is 0 Å². The van der Waals surface area contributed by atoms with E-state index < -0.39 is 0 Å². The molecular formula is C15H25NO2S. The second-order valence-electron chi connectivity index (χ2n) is 5.73. The molecule has 3 nitrogen and oxygen atoms in total. The van der Waals surface area contributed by atoms with Gasteiger partial charge in [-0.1, -0.05) is 0 Å². The standard InChI is InChI=1S/C15H25NO2S/c1-9-5-6-19-15(9)14(12(4)16)18-13-7-10(2)17-11(3)8-13/h5-6,10-14H,7-8,16H2,1-4H3. The molecule has 1 aromatic rings. The average Bonchev–Trinajstić information content (AvgIpc) is 2.70. The molecule has 0 aromatic carbocycles. The van der Waals surface area contributed by atoms with E-state index >= 15 is 0 Å². The molecule has 1 saturated heterocycles. The van der Waals surface area contributed by atoms with Gasteiger partial charge >= 0.3 is 0 Å². The van der Waals surface area contributed by atoms with Crippen LogP contribution in [-0.4, -0.2) is 24.4 Å². The minimum absolute atomic E-state index is 0.00231. The van der Waals surface area contributed by atoms with E-state index in [1.165, 1.54) is 10.4 Å². The van der Waals surface area contributed by atoms with E-state index in [1.54, 1.807) is 11.3 Å². The second kappa shape index (κ2) is 6.35. The predicted molar refractivity (Wildman–Crippen MR) is 79.6 cm³/mol. The van der Waals surface area contributed by atoms with Crippen molar-refractivity contribution in [1.29, 1.82) is 0 Å². The maximum atomic E-state index is 6.32. The fourth-order valence-corrected chi connectivity index (χ4v) is 3.84. The molecule has 1 aliphatic rings. The second-order valence-corrected chi connectivity index (χ2v) is 6.68. The zero-order chi connectivity index (χ0) is 14.0. The van der Waals surface area contributed by atoms with Gasteiger partial charge < -0.3 is 15.2 Å². The Morgan fingerprint density at radius 1 is 1.37 bits per heavy atom. The minimum Gasteiger partial charge on any atom is -0.375 e. The number of hydrogen-bond acceptors (Lipinski definition) is 4. The smallest absolute Gasteiger partial charge is 0.107 e. The zero-order valence-corrected chi connectivity index (χ0v) is 13.1. The molecule has 2 heterocycles. The number of rotatable bonds is 4. The lowest BCUT2D eigenvalue weighted by Gasteiger charge is -2.35. The van der Waals surface area contributed by atoms with E-state index in [4.69, 9.17) is 15.2 Å². The SMILES string of the molecule is Cc1ccsc1C(OC1CC(C)OC(C)C1)C(C)N. The number of thiophene rings is 1. The van der Waals surface area contributed by atoms with Crippen LogP contribution < -0.4 is 5.73 Å². The van der Waals surface area contributed by atoms with Crippen molar-refractivity contribution in [1.82, 2.24) is 0 Å². The third-order valence-electron chi connectivity index (χ3n) is 3.63. The molecule has 0 bridgehead atoms. The number of nitrogens with two attached hydrogens (primary N) is 1. The number of ether oxygens (including phenoxy) is 2. The predicted octanol–water partition coefficient (Wildman–Crippen LogP) is 3.42. The van der Waals surface area contributed by atoms with Crippen LogP contribution in [0.3, 0.4) is 0 Å². The van der Waals surface area contributed by atoms with Crippen molar-refractivity contribution in [3.8, 4) is 0 Å². The van der Waals surface area contributed by atoms with Crippen molar-refractivity contribution in [2.24, 2.45) is 5.73 Å². The van der Waals surface area contributed by atoms with Gasteiger partial charge in [0.1, 0.15) is 6.10 Å². The Kier molecular flexibility index (Phi) is 5.01. The van der Waals surface area contributed by atoms with Crippen molar-refractivity contribution in [3.05, 3.63) is 21.9 Å². The summed E-state index contributed by atoms with van der Waals surface area (Å²) in [4.78, 5) is 1.27. The Labute approximate surface area is 120 Å². The fraction of sp³-hybridized carbons (Fsp3) is 0.733. The Bertz CT molecular complexity index is 395. The highest BCUT2D eigenvalue weighted by Crippen LogP contribution is 2.33. The molecule has 4 unspecified atom stereocenters. The van der Waals surface area contributed by atoms with Gasteiger partial charge in [-0.25, -0.2) is 0 Å². The molecule has 4 atom stereocenters. The van der Waals surface area contributed by atoms with Gasteiger partial charge in [0.05, 0.1) is 18.3 Å². The van der Waals surface area contributed by atoms with Gasteiger partial charge in [-0.05, 0) is 57.5 Å². The van der Waals surface area contributed by atoms with Crippen molar-refractivity contribution in [2.75, 3.05) is 0 Å². The molecular weight excluding hydrogens is 258 g/mol. The molecule has 0 amide bonds. The number of aryl methyl sites for hydroxylation is 1. The Balaban J connectivity index is 2.07. The molecule has 2 N–H and O–H groups in total. The van der Waals surface area contributed by atoms with Crippen molar-refractivity contribution >= 4 is 11.3 Å². The summed E-state index contributed by atoms with van der Waals surface area (Å²) in [6.07, 6.45) is 2.70. The lowest BCUT2D eigenvalue weighted by atomic mass is 10.0. The molecule has 19 heavy (non-hydrogen) atoms. The summed E-state index contributed by atoms with van der Waals surface area (Å²) in [5.41, 5.74) is 7.41. The van der Waals surface area contributed by atoms with E-state index in [0.717, 1.165) is 12.8 Å². The van der Waals surface area contributed by atoms with Gasteiger partial charge in [0, 0.05) is 10.9 Å². The Morgan fingerprint density at radius 3 is 2.47 bits per heavy atom. The van der Waals surface area contributed by atoms with Gasteiger partial charge in [-0.15, -0.1) is 11.3 Å². The molecule has 108 valence electrons. The molecule has 1 fully saturated rings. The van der Waals surface area contributed by atoms with E-state index in [-0.39, 0.29) is 30.5 Å². The first kappa shape index (κ1) is 15.0. The summed E-state index contributed by atoms with van der Waals surface area (Å²) < 4.78 is 12.1. The van der Waals surface area contributed by atoms with Gasteiger partial charge in [0.25, 0.3) is 0 Å². The molecule has 1 aliphatic heterocycles. The van der Waals surface area contributed by atoms with Crippen LogP contribution in [0.4, 0.5) is 0 Å². The summed E-state index contributed by atoms with van der Waals surface area (Å²) in [5, 5.41) is 2.11. The van der Waals surface area contributed by atoms with Crippen LogP contribution in [0.1, 0.15) is 50.2 Å². The maximum Gasteiger partial charge on any atom is 0.107 e. The molecule has 1 aromatic heterocycles.